The first-order valence-electron chi connectivity index (χ1n) is 8.80. The number of fused-ring (bicyclic) bond motifs is 1. The number of esters is 1. The standard InChI is InChI=1S/C21H24ClNO4/c1-6-12(2)9-13(3)7-8-15-10-16-17(11-23-15)19(25)21(5,27-14(4)24)20(26)18(16)22/h7-12,26H,6H2,1-5H3/b8-7-,13-9+/t12-,21+/m1/s1. The highest BCUT2D eigenvalue weighted by Crippen LogP contribution is 2.40. The van der Waals surface area contributed by atoms with Crippen molar-refractivity contribution in [1.29, 1.82) is 0 Å². The summed E-state index contributed by atoms with van der Waals surface area (Å²) in [5, 5.41) is 10.4. The number of aromatic nitrogens is 1. The summed E-state index contributed by atoms with van der Waals surface area (Å²) in [5.41, 5.74) is 0.421. The molecule has 1 aromatic heterocycles. The van der Waals surface area contributed by atoms with Crippen molar-refractivity contribution in [2.75, 3.05) is 0 Å². The van der Waals surface area contributed by atoms with Gasteiger partial charge in [-0.15, -0.1) is 0 Å². The summed E-state index contributed by atoms with van der Waals surface area (Å²) in [6.07, 6.45) is 8.38. The van der Waals surface area contributed by atoms with E-state index in [1.807, 2.05) is 19.1 Å². The Kier molecular flexibility index (Phi) is 6.26. The van der Waals surface area contributed by atoms with Gasteiger partial charge >= 0.3 is 5.97 Å². The van der Waals surface area contributed by atoms with Gasteiger partial charge in [0.25, 0.3) is 0 Å². The number of ketones is 1. The Morgan fingerprint density at radius 3 is 2.67 bits per heavy atom. The Morgan fingerprint density at radius 2 is 2.07 bits per heavy atom. The molecule has 0 saturated heterocycles. The van der Waals surface area contributed by atoms with E-state index in [4.69, 9.17) is 16.3 Å². The van der Waals surface area contributed by atoms with E-state index in [1.165, 1.54) is 13.1 Å². The minimum atomic E-state index is -1.84. The molecule has 5 nitrogen and oxygen atoms in total. The van der Waals surface area contributed by atoms with E-state index in [1.54, 1.807) is 6.07 Å². The summed E-state index contributed by atoms with van der Waals surface area (Å²) < 4.78 is 5.06. The van der Waals surface area contributed by atoms with Gasteiger partial charge in [0.15, 0.2) is 5.76 Å². The molecule has 1 aromatic rings. The van der Waals surface area contributed by atoms with E-state index < -0.39 is 23.1 Å². The maximum atomic E-state index is 12.8. The van der Waals surface area contributed by atoms with Gasteiger partial charge < -0.3 is 9.84 Å². The number of allylic oxidation sites excluding steroid dienone is 3. The van der Waals surface area contributed by atoms with E-state index in [9.17, 15) is 14.7 Å². The number of hydrogen-bond acceptors (Lipinski definition) is 5. The predicted molar refractivity (Wildman–Crippen MR) is 106 cm³/mol. The van der Waals surface area contributed by atoms with Crippen LogP contribution < -0.4 is 0 Å². The van der Waals surface area contributed by atoms with Crippen LogP contribution in [0.15, 0.2) is 35.7 Å². The zero-order valence-corrected chi connectivity index (χ0v) is 16.9. The average Bonchev–Trinajstić information content (AvgIpc) is 2.62. The molecular formula is C21H24ClNO4. The lowest BCUT2D eigenvalue weighted by molar-refractivity contribution is -0.150. The molecule has 1 aliphatic carbocycles. The molecule has 27 heavy (non-hydrogen) atoms. The molecule has 0 aliphatic heterocycles. The first-order chi connectivity index (χ1) is 12.6. The molecule has 0 bridgehead atoms. The smallest absolute Gasteiger partial charge is 0.304 e. The van der Waals surface area contributed by atoms with Gasteiger partial charge in [0.05, 0.1) is 10.7 Å². The molecule has 144 valence electrons. The minimum absolute atomic E-state index is 0.0303. The zero-order chi connectivity index (χ0) is 20.4. The number of halogens is 1. The highest BCUT2D eigenvalue weighted by Gasteiger charge is 2.48. The summed E-state index contributed by atoms with van der Waals surface area (Å²) in [5.74, 6) is -1.25. The third kappa shape index (κ3) is 4.30. The van der Waals surface area contributed by atoms with Crippen molar-refractivity contribution in [2.24, 2.45) is 5.92 Å². The van der Waals surface area contributed by atoms with Gasteiger partial charge in [-0.2, -0.15) is 0 Å². The van der Waals surface area contributed by atoms with E-state index in [-0.39, 0.29) is 10.6 Å². The van der Waals surface area contributed by atoms with E-state index in [0.29, 0.717) is 17.2 Å². The largest absolute Gasteiger partial charge is 0.506 e. The quantitative estimate of drug-likeness (QED) is 0.561. The van der Waals surface area contributed by atoms with Gasteiger partial charge in [0, 0.05) is 24.2 Å². The van der Waals surface area contributed by atoms with Gasteiger partial charge in [-0.25, -0.2) is 0 Å². The Labute approximate surface area is 164 Å². The minimum Gasteiger partial charge on any atom is -0.506 e. The normalized spacial score (nSPS) is 21.4. The summed E-state index contributed by atoms with van der Waals surface area (Å²) in [6, 6.07) is 1.63. The van der Waals surface area contributed by atoms with Crippen LogP contribution in [0.4, 0.5) is 0 Å². The average molecular weight is 390 g/mol. The molecule has 0 spiro atoms. The first kappa shape index (κ1) is 20.9. The van der Waals surface area contributed by atoms with Crippen molar-refractivity contribution >= 4 is 34.5 Å². The number of ether oxygens (including phenoxy) is 1. The number of carbonyl (C=O) groups excluding carboxylic acids is 2. The molecule has 1 heterocycles. The van der Waals surface area contributed by atoms with Crippen molar-refractivity contribution in [3.05, 3.63) is 52.6 Å². The Bertz CT molecular complexity index is 869. The van der Waals surface area contributed by atoms with Gasteiger partial charge in [0.1, 0.15) is 0 Å². The highest BCUT2D eigenvalue weighted by molar-refractivity contribution is 6.51. The highest BCUT2D eigenvalue weighted by atomic mass is 35.5. The first-order valence-corrected chi connectivity index (χ1v) is 9.18. The monoisotopic (exact) mass is 389 g/mol. The van der Waals surface area contributed by atoms with Crippen LogP contribution in [0.2, 0.25) is 0 Å². The number of nitrogens with zero attached hydrogens (tertiary/aromatic N) is 1. The topological polar surface area (TPSA) is 76.5 Å². The van der Waals surface area contributed by atoms with Crippen LogP contribution in [0, 0.1) is 5.92 Å². The Hall–Kier alpha value is -2.40. The second kappa shape index (κ2) is 8.09. The van der Waals surface area contributed by atoms with Gasteiger partial charge in [-0.3, -0.25) is 14.6 Å². The third-order valence-electron chi connectivity index (χ3n) is 4.56. The van der Waals surface area contributed by atoms with E-state index >= 15 is 0 Å². The maximum Gasteiger partial charge on any atom is 0.304 e. The number of aliphatic hydroxyl groups excluding tert-OH is 1. The molecule has 0 aromatic carbocycles. The number of Topliss-reactive ketones (excluding diaryl/α,β-unsaturated/α-hetero) is 1. The van der Waals surface area contributed by atoms with Crippen LogP contribution in [0.25, 0.3) is 11.1 Å². The lowest BCUT2D eigenvalue weighted by Crippen LogP contribution is -2.44. The van der Waals surface area contributed by atoms with E-state index in [0.717, 1.165) is 18.9 Å². The molecule has 1 N–H and O–H groups in total. The number of hydrogen-bond donors (Lipinski definition) is 1. The number of carbonyl (C=O) groups is 2. The lowest BCUT2D eigenvalue weighted by atomic mass is 9.84. The molecule has 0 radical (unpaired) electrons. The Balaban J connectivity index is 2.42. The molecule has 2 atom stereocenters. The van der Waals surface area contributed by atoms with Crippen molar-refractivity contribution in [2.45, 2.75) is 46.6 Å². The third-order valence-corrected chi connectivity index (χ3v) is 4.94. The summed E-state index contributed by atoms with van der Waals surface area (Å²) in [7, 11) is 0. The number of aliphatic hydroxyl groups is 1. The molecule has 0 unspecified atom stereocenters. The predicted octanol–water partition coefficient (Wildman–Crippen LogP) is 5.07. The molecule has 2 rings (SSSR count). The van der Waals surface area contributed by atoms with Gasteiger partial charge in [0.2, 0.25) is 11.4 Å². The molecule has 0 amide bonds. The second-order valence-electron chi connectivity index (χ2n) is 6.90. The fourth-order valence-electron chi connectivity index (χ4n) is 2.85. The summed E-state index contributed by atoms with van der Waals surface area (Å²) in [6.45, 7) is 8.76. The van der Waals surface area contributed by atoms with Crippen LogP contribution in [-0.2, 0) is 9.53 Å². The maximum absolute atomic E-state index is 12.8. The summed E-state index contributed by atoms with van der Waals surface area (Å²) >= 11 is 6.28. The fourth-order valence-corrected chi connectivity index (χ4v) is 3.18. The van der Waals surface area contributed by atoms with Crippen LogP contribution in [0.5, 0.6) is 0 Å². The van der Waals surface area contributed by atoms with Crippen LogP contribution in [-0.4, -0.2) is 27.4 Å². The van der Waals surface area contributed by atoms with Crippen LogP contribution in [0.3, 0.4) is 0 Å². The van der Waals surface area contributed by atoms with Crippen molar-refractivity contribution in [3.63, 3.8) is 0 Å². The molecule has 0 saturated carbocycles. The van der Waals surface area contributed by atoms with Crippen molar-refractivity contribution in [3.8, 4) is 0 Å². The SMILES string of the molecule is CC[C@@H](C)/C=C(C)/C=C\c1cc2c(cn1)C(=O)[C@](C)(OC(C)=O)C(O)=C2Cl. The number of pyridine rings is 1. The molecular weight excluding hydrogens is 366 g/mol. The van der Waals surface area contributed by atoms with Crippen LogP contribution >= 0.6 is 11.6 Å². The van der Waals surface area contributed by atoms with Gasteiger partial charge in [-0.05, 0) is 31.9 Å². The molecule has 6 heteroatoms. The zero-order valence-electron chi connectivity index (χ0n) is 16.2. The molecule has 1 aliphatic rings. The van der Waals surface area contributed by atoms with Gasteiger partial charge in [-0.1, -0.05) is 49.6 Å². The lowest BCUT2D eigenvalue weighted by Gasteiger charge is -2.31. The summed E-state index contributed by atoms with van der Waals surface area (Å²) in [4.78, 5) is 28.4. The van der Waals surface area contributed by atoms with E-state index in [2.05, 4.69) is 24.9 Å². The van der Waals surface area contributed by atoms with Crippen molar-refractivity contribution < 1.29 is 19.4 Å². The van der Waals surface area contributed by atoms with Crippen molar-refractivity contribution in [1.82, 2.24) is 4.98 Å². The second-order valence-corrected chi connectivity index (χ2v) is 7.28. The number of rotatable bonds is 5. The molecule has 0 fully saturated rings. The fraction of sp³-hybridized carbons (Fsp3) is 0.381. The Morgan fingerprint density at radius 1 is 1.41 bits per heavy atom. The van der Waals surface area contributed by atoms with Crippen LogP contribution in [0.1, 0.15) is 62.7 Å².